The highest BCUT2D eigenvalue weighted by Crippen LogP contribution is 2.03. The van der Waals surface area contributed by atoms with Gasteiger partial charge in [-0.05, 0) is 0 Å². The number of hydrogen-bond donors (Lipinski definition) is 1. The van der Waals surface area contributed by atoms with Crippen molar-refractivity contribution in [1.82, 2.24) is 20.3 Å². The molecule has 0 amide bonds. The first-order chi connectivity index (χ1) is 7.45. The highest BCUT2D eigenvalue weighted by atomic mass is 32.1. The summed E-state index contributed by atoms with van der Waals surface area (Å²) in [6.45, 7) is 1.68. The lowest BCUT2D eigenvalue weighted by atomic mass is 10.4. The molecule has 5 heteroatoms. The van der Waals surface area contributed by atoms with Crippen molar-refractivity contribution in [2.45, 2.75) is 13.0 Å². The van der Waals surface area contributed by atoms with Gasteiger partial charge in [0.1, 0.15) is 0 Å². The van der Waals surface area contributed by atoms with E-state index >= 15 is 0 Å². The molecule has 15 heavy (non-hydrogen) atoms. The van der Waals surface area contributed by atoms with Crippen molar-refractivity contribution >= 4 is 11.3 Å². The van der Waals surface area contributed by atoms with Crippen LogP contribution in [0.15, 0.2) is 30.2 Å². The van der Waals surface area contributed by atoms with E-state index in [9.17, 15) is 0 Å². The molecule has 0 aliphatic heterocycles. The van der Waals surface area contributed by atoms with Crippen molar-refractivity contribution in [3.63, 3.8) is 0 Å². The average molecular weight is 220 g/mol. The Morgan fingerprint density at radius 3 is 2.93 bits per heavy atom. The van der Waals surface area contributed by atoms with Gasteiger partial charge in [-0.15, -0.1) is 11.3 Å². The third-order valence-electron chi connectivity index (χ3n) is 1.92. The number of aromatic nitrogens is 3. The van der Waals surface area contributed by atoms with E-state index < -0.39 is 0 Å². The number of nitrogens with zero attached hydrogens (tertiary/aromatic N) is 3. The van der Waals surface area contributed by atoms with Crippen LogP contribution in [0.2, 0.25) is 0 Å². The lowest BCUT2D eigenvalue weighted by molar-refractivity contribution is 0.671. The summed E-state index contributed by atoms with van der Waals surface area (Å²) in [7, 11) is 0. The van der Waals surface area contributed by atoms with Crippen molar-refractivity contribution in [3.8, 4) is 0 Å². The maximum absolute atomic E-state index is 4.21. The van der Waals surface area contributed by atoms with Gasteiger partial charge in [0.05, 0.1) is 10.7 Å². The van der Waals surface area contributed by atoms with E-state index in [4.69, 9.17) is 0 Å². The molecule has 0 aliphatic carbocycles. The summed E-state index contributed by atoms with van der Waals surface area (Å²) in [6, 6.07) is 0. The molecule has 2 aromatic rings. The fourth-order valence-electron chi connectivity index (χ4n) is 1.21. The Labute approximate surface area is 92.4 Å². The first kappa shape index (κ1) is 10.2. The zero-order chi connectivity index (χ0) is 10.3. The minimum absolute atomic E-state index is 0.763. The van der Waals surface area contributed by atoms with Crippen LogP contribution in [-0.4, -0.2) is 21.5 Å². The van der Waals surface area contributed by atoms with Gasteiger partial charge in [0.2, 0.25) is 0 Å². The molecule has 2 rings (SSSR count). The van der Waals surface area contributed by atoms with Crippen molar-refractivity contribution in [2.24, 2.45) is 0 Å². The summed E-state index contributed by atoms with van der Waals surface area (Å²) >= 11 is 1.69. The van der Waals surface area contributed by atoms with E-state index in [1.54, 1.807) is 29.9 Å². The minimum atomic E-state index is 0.763. The van der Waals surface area contributed by atoms with E-state index in [2.05, 4.69) is 20.3 Å². The Bertz CT molecular complexity index is 374. The molecule has 0 bridgehead atoms. The second kappa shape index (κ2) is 5.53. The van der Waals surface area contributed by atoms with Gasteiger partial charge in [0.25, 0.3) is 0 Å². The second-order valence-corrected chi connectivity index (χ2v) is 4.03. The third kappa shape index (κ3) is 3.38. The highest BCUT2D eigenvalue weighted by Gasteiger charge is 1.96. The SMILES string of the molecule is c1cnc(CNCCc2nccs2)cn1. The number of hydrogen-bond acceptors (Lipinski definition) is 5. The average Bonchev–Trinajstić information content (AvgIpc) is 2.79. The molecule has 2 aromatic heterocycles. The van der Waals surface area contributed by atoms with Crippen molar-refractivity contribution in [2.75, 3.05) is 6.54 Å². The van der Waals surface area contributed by atoms with Gasteiger partial charge >= 0.3 is 0 Å². The summed E-state index contributed by atoms with van der Waals surface area (Å²) in [6.07, 6.45) is 7.97. The van der Waals surface area contributed by atoms with Crippen molar-refractivity contribution in [3.05, 3.63) is 40.9 Å². The molecular weight excluding hydrogens is 208 g/mol. The molecule has 0 saturated carbocycles. The van der Waals surface area contributed by atoms with Crippen LogP contribution in [0.25, 0.3) is 0 Å². The number of thiazole rings is 1. The Balaban J connectivity index is 1.68. The summed E-state index contributed by atoms with van der Waals surface area (Å²) in [5.74, 6) is 0. The largest absolute Gasteiger partial charge is 0.311 e. The van der Waals surface area contributed by atoms with Gasteiger partial charge in [-0.25, -0.2) is 4.98 Å². The van der Waals surface area contributed by atoms with Crippen molar-refractivity contribution < 1.29 is 0 Å². The molecule has 0 unspecified atom stereocenters. The van der Waals surface area contributed by atoms with Gasteiger partial charge in [0.15, 0.2) is 0 Å². The molecule has 0 aliphatic rings. The van der Waals surface area contributed by atoms with E-state index in [0.29, 0.717) is 0 Å². The summed E-state index contributed by atoms with van der Waals surface area (Å²) < 4.78 is 0. The Hall–Kier alpha value is -1.33. The molecule has 0 aromatic carbocycles. The van der Waals surface area contributed by atoms with Crippen LogP contribution in [0.1, 0.15) is 10.7 Å². The Morgan fingerprint density at radius 2 is 2.20 bits per heavy atom. The van der Waals surface area contributed by atoms with Crippen LogP contribution < -0.4 is 5.32 Å². The number of rotatable bonds is 5. The molecule has 0 saturated heterocycles. The molecule has 4 nitrogen and oxygen atoms in total. The van der Waals surface area contributed by atoms with Crippen LogP contribution in [0.4, 0.5) is 0 Å². The maximum Gasteiger partial charge on any atom is 0.0937 e. The summed E-state index contributed by atoms with van der Waals surface area (Å²) in [5.41, 5.74) is 0.969. The van der Waals surface area contributed by atoms with E-state index in [-0.39, 0.29) is 0 Å². The maximum atomic E-state index is 4.21. The lowest BCUT2D eigenvalue weighted by Crippen LogP contribution is -2.17. The van der Waals surface area contributed by atoms with Gasteiger partial charge in [-0.3, -0.25) is 9.97 Å². The van der Waals surface area contributed by atoms with E-state index in [0.717, 1.165) is 25.2 Å². The predicted octanol–water partition coefficient (Wildman–Crippen LogP) is 1.27. The van der Waals surface area contributed by atoms with Crippen LogP contribution in [0.3, 0.4) is 0 Å². The molecule has 0 radical (unpaired) electrons. The Kier molecular flexibility index (Phi) is 3.76. The molecule has 1 N–H and O–H groups in total. The molecule has 0 spiro atoms. The fourth-order valence-corrected chi connectivity index (χ4v) is 1.83. The zero-order valence-electron chi connectivity index (χ0n) is 8.26. The van der Waals surface area contributed by atoms with Crippen LogP contribution in [0.5, 0.6) is 0 Å². The van der Waals surface area contributed by atoms with E-state index in [1.165, 1.54) is 5.01 Å². The van der Waals surface area contributed by atoms with Crippen molar-refractivity contribution in [1.29, 1.82) is 0 Å². The van der Waals surface area contributed by atoms with Gasteiger partial charge in [-0.1, -0.05) is 0 Å². The standard InChI is InChI=1S/C10H12N4S/c1(10-14-5-6-15-10)2-11-7-9-8-12-3-4-13-9/h3-6,8,11H,1-2,7H2. The van der Waals surface area contributed by atoms with Gasteiger partial charge < -0.3 is 5.32 Å². The quantitative estimate of drug-likeness (QED) is 0.771. The number of nitrogens with one attached hydrogen (secondary N) is 1. The first-order valence-electron chi connectivity index (χ1n) is 4.79. The third-order valence-corrected chi connectivity index (χ3v) is 2.76. The zero-order valence-corrected chi connectivity index (χ0v) is 9.07. The second-order valence-electron chi connectivity index (χ2n) is 3.05. The smallest absolute Gasteiger partial charge is 0.0937 e. The molecule has 0 atom stereocenters. The van der Waals surface area contributed by atoms with Crippen LogP contribution in [0, 0.1) is 0 Å². The first-order valence-corrected chi connectivity index (χ1v) is 5.67. The Morgan fingerprint density at radius 1 is 1.20 bits per heavy atom. The molecule has 0 fully saturated rings. The lowest BCUT2D eigenvalue weighted by Gasteiger charge is -2.01. The van der Waals surface area contributed by atoms with Crippen LogP contribution >= 0.6 is 11.3 Å². The van der Waals surface area contributed by atoms with Crippen LogP contribution in [-0.2, 0) is 13.0 Å². The highest BCUT2D eigenvalue weighted by molar-refractivity contribution is 7.09. The topological polar surface area (TPSA) is 50.7 Å². The fraction of sp³-hybridized carbons (Fsp3) is 0.300. The van der Waals surface area contributed by atoms with E-state index in [1.807, 2.05) is 11.6 Å². The summed E-state index contributed by atoms with van der Waals surface area (Å²) in [5, 5.41) is 6.47. The monoisotopic (exact) mass is 220 g/mol. The van der Waals surface area contributed by atoms with Gasteiger partial charge in [0, 0.05) is 49.7 Å². The molecule has 78 valence electrons. The predicted molar refractivity (Wildman–Crippen MR) is 59.6 cm³/mol. The molecule has 2 heterocycles. The normalized spacial score (nSPS) is 10.4. The van der Waals surface area contributed by atoms with Gasteiger partial charge in [-0.2, -0.15) is 0 Å². The molecular formula is C10H12N4S. The minimum Gasteiger partial charge on any atom is -0.311 e. The summed E-state index contributed by atoms with van der Waals surface area (Å²) in [4.78, 5) is 12.4.